The van der Waals surface area contributed by atoms with Gasteiger partial charge in [0.2, 0.25) is 0 Å². The molecule has 0 amide bonds. The number of nitrogens with two attached hydrogens (primary N) is 1. The molecule has 0 fully saturated rings. The summed E-state index contributed by atoms with van der Waals surface area (Å²) < 4.78 is 3.68. The van der Waals surface area contributed by atoms with Crippen molar-refractivity contribution in [3.05, 3.63) is 34.9 Å². The highest BCUT2D eigenvalue weighted by Crippen LogP contribution is 2.23. The Morgan fingerprint density at radius 3 is 2.56 bits per heavy atom. The molecular formula is C12H20N6. The Morgan fingerprint density at radius 1 is 1.39 bits per heavy atom. The van der Waals surface area contributed by atoms with Gasteiger partial charge in [0, 0.05) is 31.5 Å². The van der Waals surface area contributed by atoms with E-state index >= 15 is 0 Å². The topological polar surface area (TPSA) is 73.7 Å². The van der Waals surface area contributed by atoms with Crippen LogP contribution in [0.4, 0.5) is 0 Å². The number of aryl methyl sites for hydroxylation is 3. The molecule has 2 rings (SSSR count). The quantitative estimate of drug-likeness (QED) is 0.611. The van der Waals surface area contributed by atoms with Crippen LogP contribution in [-0.4, -0.2) is 19.6 Å². The summed E-state index contributed by atoms with van der Waals surface area (Å²) in [5, 5.41) is 8.60. The van der Waals surface area contributed by atoms with E-state index in [1.807, 2.05) is 38.1 Å². The average molecular weight is 248 g/mol. The van der Waals surface area contributed by atoms with Crippen molar-refractivity contribution in [1.29, 1.82) is 0 Å². The summed E-state index contributed by atoms with van der Waals surface area (Å²) >= 11 is 0. The highest BCUT2D eigenvalue weighted by molar-refractivity contribution is 5.29. The van der Waals surface area contributed by atoms with Crippen LogP contribution in [-0.2, 0) is 20.5 Å². The molecule has 98 valence electrons. The lowest BCUT2D eigenvalue weighted by Crippen LogP contribution is -2.30. The molecule has 0 aromatic carbocycles. The van der Waals surface area contributed by atoms with Gasteiger partial charge in [0.15, 0.2) is 0 Å². The Balaban J connectivity index is 2.28. The van der Waals surface area contributed by atoms with Gasteiger partial charge in [-0.25, -0.2) is 0 Å². The van der Waals surface area contributed by atoms with Crippen molar-refractivity contribution in [1.82, 2.24) is 25.0 Å². The SMILES string of the molecule is Cc1nn(C)c(C)c1C(Cc1cnn(C)c1)NN. The number of hydrogen-bond donors (Lipinski definition) is 2. The lowest BCUT2D eigenvalue weighted by atomic mass is 9.99. The van der Waals surface area contributed by atoms with Gasteiger partial charge in [-0.2, -0.15) is 10.2 Å². The molecule has 18 heavy (non-hydrogen) atoms. The molecule has 1 atom stereocenters. The standard InChI is InChI=1S/C12H20N6/c1-8-12(9(2)18(4)16-8)11(15-13)5-10-6-14-17(3)7-10/h6-7,11,15H,5,13H2,1-4H3. The first-order valence-electron chi connectivity index (χ1n) is 5.96. The highest BCUT2D eigenvalue weighted by atomic mass is 15.3. The minimum absolute atomic E-state index is 0.0582. The number of nitrogens with one attached hydrogen (secondary N) is 1. The number of hydrazine groups is 1. The predicted molar refractivity (Wildman–Crippen MR) is 69.7 cm³/mol. The van der Waals surface area contributed by atoms with E-state index in [0.29, 0.717) is 0 Å². The Morgan fingerprint density at radius 2 is 2.11 bits per heavy atom. The van der Waals surface area contributed by atoms with Gasteiger partial charge in [0.25, 0.3) is 0 Å². The Bertz CT molecular complexity index is 539. The fourth-order valence-corrected chi connectivity index (χ4v) is 2.35. The second-order valence-electron chi connectivity index (χ2n) is 4.65. The predicted octanol–water partition coefficient (Wildman–Crippen LogP) is 0.518. The van der Waals surface area contributed by atoms with E-state index in [4.69, 9.17) is 5.84 Å². The molecule has 0 aliphatic rings. The molecule has 0 aliphatic carbocycles. The zero-order valence-electron chi connectivity index (χ0n) is 11.3. The van der Waals surface area contributed by atoms with E-state index in [1.165, 1.54) is 5.56 Å². The van der Waals surface area contributed by atoms with E-state index in [-0.39, 0.29) is 6.04 Å². The number of hydrogen-bond acceptors (Lipinski definition) is 4. The summed E-state index contributed by atoms with van der Waals surface area (Å²) in [7, 11) is 3.86. The number of aromatic nitrogens is 4. The first-order valence-corrected chi connectivity index (χ1v) is 5.96. The molecule has 3 N–H and O–H groups in total. The molecule has 6 nitrogen and oxygen atoms in total. The van der Waals surface area contributed by atoms with Crippen LogP contribution in [0.1, 0.15) is 28.6 Å². The fourth-order valence-electron chi connectivity index (χ4n) is 2.35. The van der Waals surface area contributed by atoms with Crippen molar-refractivity contribution >= 4 is 0 Å². The summed E-state index contributed by atoms with van der Waals surface area (Å²) in [5.74, 6) is 5.69. The summed E-state index contributed by atoms with van der Waals surface area (Å²) in [6, 6.07) is 0.0582. The molecule has 0 saturated carbocycles. The van der Waals surface area contributed by atoms with Crippen molar-refractivity contribution in [2.45, 2.75) is 26.3 Å². The summed E-state index contributed by atoms with van der Waals surface area (Å²) in [6.07, 6.45) is 4.68. The maximum Gasteiger partial charge on any atom is 0.0644 e. The van der Waals surface area contributed by atoms with Gasteiger partial charge in [-0.1, -0.05) is 0 Å². The lowest BCUT2D eigenvalue weighted by molar-refractivity contribution is 0.545. The Hall–Kier alpha value is -1.66. The maximum atomic E-state index is 5.69. The van der Waals surface area contributed by atoms with Gasteiger partial charge in [-0.15, -0.1) is 0 Å². The molecular weight excluding hydrogens is 228 g/mol. The van der Waals surface area contributed by atoms with Gasteiger partial charge >= 0.3 is 0 Å². The van der Waals surface area contributed by atoms with Crippen LogP contribution < -0.4 is 11.3 Å². The smallest absolute Gasteiger partial charge is 0.0644 e. The van der Waals surface area contributed by atoms with E-state index in [9.17, 15) is 0 Å². The van der Waals surface area contributed by atoms with Crippen LogP contribution in [0.5, 0.6) is 0 Å². The van der Waals surface area contributed by atoms with Gasteiger partial charge in [0.1, 0.15) is 0 Å². The monoisotopic (exact) mass is 248 g/mol. The van der Waals surface area contributed by atoms with E-state index in [0.717, 1.165) is 23.4 Å². The zero-order valence-corrected chi connectivity index (χ0v) is 11.3. The van der Waals surface area contributed by atoms with E-state index in [1.54, 1.807) is 4.68 Å². The molecule has 2 heterocycles. The molecule has 0 bridgehead atoms. The third-order valence-corrected chi connectivity index (χ3v) is 3.31. The van der Waals surface area contributed by atoms with Gasteiger partial charge in [-0.05, 0) is 25.8 Å². The number of rotatable bonds is 4. The first-order chi connectivity index (χ1) is 8.52. The van der Waals surface area contributed by atoms with Crippen LogP contribution >= 0.6 is 0 Å². The first kappa shape index (κ1) is 12.8. The second kappa shape index (κ2) is 4.91. The summed E-state index contributed by atoms with van der Waals surface area (Å²) in [5.41, 5.74) is 7.36. The van der Waals surface area contributed by atoms with Crippen LogP contribution in [0.2, 0.25) is 0 Å². The van der Waals surface area contributed by atoms with Crippen molar-refractivity contribution in [2.75, 3.05) is 0 Å². The van der Waals surface area contributed by atoms with Crippen molar-refractivity contribution in [3.8, 4) is 0 Å². The van der Waals surface area contributed by atoms with Gasteiger partial charge in [-0.3, -0.25) is 20.6 Å². The Labute approximate surface area is 107 Å². The fraction of sp³-hybridized carbons (Fsp3) is 0.500. The molecule has 1 unspecified atom stereocenters. The molecule has 0 spiro atoms. The minimum atomic E-state index is 0.0582. The minimum Gasteiger partial charge on any atom is -0.276 e. The molecule has 0 saturated heterocycles. The van der Waals surface area contributed by atoms with Crippen LogP contribution in [0, 0.1) is 13.8 Å². The second-order valence-corrected chi connectivity index (χ2v) is 4.65. The number of nitrogens with zero attached hydrogens (tertiary/aromatic N) is 4. The maximum absolute atomic E-state index is 5.69. The summed E-state index contributed by atoms with van der Waals surface area (Å²) in [6.45, 7) is 4.07. The molecule has 2 aromatic rings. The third kappa shape index (κ3) is 2.30. The van der Waals surface area contributed by atoms with Gasteiger partial charge in [0.05, 0.1) is 17.9 Å². The molecule has 2 aromatic heterocycles. The van der Waals surface area contributed by atoms with Crippen LogP contribution in [0.25, 0.3) is 0 Å². The summed E-state index contributed by atoms with van der Waals surface area (Å²) in [4.78, 5) is 0. The van der Waals surface area contributed by atoms with Crippen LogP contribution in [0.15, 0.2) is 12.4 Å². The van der Waals surface area contributed by atoms with Crippen molar-refractivity contribution in [3.63, 3.8) is 0 Å². The van der Waals surface area contributed by atoms with E-state index in [2.05, 4.69) is 22.5 Å². The zero-order chi connectivity index (χ0) is 13.3. The van der Waals surface area contributed by atoms with Crippen molar-refractivity contribution < 1.29 is 0 Å². The normalized spacial score (nSPS) is 12.9. The highest BCUT2D eigenvalue weighted by Gasteiger charge is 2.19. The average Bonchev–Trinajstić information content (AvgIpc) is 2.82. The van der Waals surface area contributed by atoms with Gasteiger partial charge < -0.3 is 0 Å². The van der Waals surface area contributed by atoms with Crippen LogP contribution in [0.3, 0.4) is 0 Å². The third-order valence-electron chi connectivity index (χ3n) is 3.31. The lowest BCUT2D eigenvalue weighted by Gasteiger charge is -2.15. The largest absolute Gasteiger partial charge is 0.276 e. The van der Waals surface area contributed by atoms with Crippen molar-refractivity contribution in [2.24, 2.45) is 19.9 Å². The molecule has 0 radical (unpaired) electrons. The molecule has 6 heteroatoms. The Kier molecular flexibility index (Phi) is 3.49. The van der Waals surface area contributed by atoms with E-state index < -0.39 is 0 Å². The molecule has 0 aliphatic heterocycles.